The van der Waals surface area contributed by atoms with Crippen LogP contribution >= 0.6 is 0 Å². The van der Waals surface area contributed by atoms with Crippen molar-refractivity contribution in [1.82, 2.24) is 0 Å². The first kappa shape index (κ1) is 19.2. The maximum absolute atomic E-state index is 9.48. The molecular formula is C17H26O4. The van der Waals surface area contributed by atoms with E-state index in [9.17, 15) is 20.4 Å². The Bertz CT molecular complexity index is 501. The van der Waals surface area contributed by atoms with Crippen molar-refractivity contribution in [2.75, 3.05) is 13.2 Å². The van der Waals surface area contributed by atoms with Crippen LogP contribution in [0.4, 0.5) is 0 Å². The Kier molecular flexibility index (Phi) is 7.19. The predicted octanol–water partition coefficient (Wildman–Crippen LogP) is 3.33. The van der Waals surface area contributed by atoms with E-state index < -0.39 is 5.41 Å². The fourth-order valence-corrected chi connectivity index (χ4v) is 1.57. The number of rotatable bonds is 7. The van der Waals surface area contributed by atoms with Crippen LogP contribution in [0.25, 0.3) is 0 Å². The molecule has 0 radical (unpaired) electrons. The summed E-state index contributed by atoms with van der Waals surface area (Å²) in [5.74, 6) is -0.133. The maximum atomic E-state index is 9.48. The summed E-state index contributed by atoms with van der Waals surface area (Å²) >= 11 is 0. The molecule has 0 amide bonds. The Labute approximate surface area is 126 Å². The molecule has 21 heavy (non-hydrogen) atoms. The van der Waals surface area contributed by atoms with Crippen molar-refractivity contribution in [3.8, 4) is 0 Å². The third-order valence-corrected chi connectivity index (χ3v) is 3.70. The van der Waals surface area contributed by atoms with Crippen LogP contribution in [0.2, 0.25) is 0 Å². The van der Waals surface area contributed by atoms with Crippen LogP contribution in [0.1, 0.15) is 27.7 Å². The molecule has 0 saturated carbocycles. The van der Waals surface area contributed by atoms with Gasteiger partial charge in [0.05, 0.1) is 19.0 Å². The minimum Gasteiger partial charge on any atom is -0.512 e. The second-order valence-corrected chi connectivity index (χ2v) is 5.52. The highest BCUT2D eigenvalue weighted by molar-refractivity contribution is 5.40. The summed E-state index contributed by atoms with van der Waals surface area (Å²) < 4.78 is 0. The summed E-state index contributed by atoms with van der Waals surface area (Å²) in [6, 6.07) is 0. The Morgan fingerprint density at radius 2 is 1.52 bits per heavy atom. The molecule has 0 spiro atoms. The van der Waals surface area contributed by atoms with Gasteiger partial charge < -0.3 is 20.4 Å². The van der Waals surface area contributed by atoms with Crippen molar-refractivity contribution in [3.63, 3.8) is 0 Å². The molecule has 0 saturated heterocycles. The van der Waals surface area contributed by atoms with Gasteiger partial charge in [0.15, 0.2) is 0 Å². The highest BCUT2D eigenvalue weighted by Crippen LogP contribution is 2.35. The first-order valence-electron chi connectivity index (χ1n) is 6.65. The maximum Gasteiger partial charge on any atom is 0.113 e. The van der Waals surface area contributed by atoms with Gasteiger partial charge in [0.2, 0.25) is 0 Å². The standard InChI is InChI=1S/C17H26O4/c1-11(7-15(9-18)13(3)20)17(5,6)12(2)8-16(10-19)14(4)21/h7-8,18-21H,1,3,9-10H2,2,4-6H3/b12-8+,15-7-,16-14-. The molecule has 0 aromatic rings. The lowest BCUT2D eigenvalue weighted by atomic mass is 9.77. The largest absolute Gasteiger partial charge is 0.512 e. The van der Waals surface area contributed by atoms with Crippen LogP contribution in [0.3, 0.4) is 0 Å². The lowest BCUT2D eigenvalue weighted by Gasteiger charge is -2.28. The average Bonchev–Trinajstić information content (AvgIpc) is 2.40. The monoisotopic (exact) mass is 294 g/mol. The number of allylic oxidation sites excluding steroid dienone is 4. The van der Waals surface area contributed by atoms with Gasteiger partial charge in [-0.05, 0) is 25.5 Å². The summed E-state index contributed by atoms with van der Waals surface area (Å²) in [5.41, 5.74) is 1.81. The van der Waals surface area contributed by atoms with Crippen molar-refractivity contribution in [1.29, 1.82) is 0 Å². The average molecular weight is 294 g/mol. The molecule has 0 aliphatic carbocycles. The molecule has 0 bridgehead atoms. The molecular weight excluding hydrogens is 268 g/mol. The fourth-order valence-electron chi connectivity index (χ4n) is 1.57. The highest BCUT2D eigenvalue weighted by Gasteiger charge is 2.23. The molecule has 0 aliphatic heterocycles. The number of aliphatic hydroxyl groups excluding tert-OH is 4. The van der Waals surface area contributed by atoms with E-state index in [1.165, 1.54) is 6.92 Å². The molecule has 0 aromatic carbocycles. The molecule has 0 heterocycles. The van der Waals surface area contributed by atoms with E-state index in [4.69, 9.17) is 0 Å². The molecule has 118 valence electrons. The van der Waals surface area contributed by atoms with E-state index in [0.717, 1.165) is 5.57 Å². The first-order valence-corrected chi connectivity index (χ1v) is 6.65. The quantitative estimate of drug-likeness (QED) is 0.429. The van der Waals surface area contributed by atoms with Crippen LogP contribution in [0, 0.1) is 5.41 Å². The third-order valence-electron chi connectivity index (χ3n) is 3.70. The van der Waals surface area contributed by atoms with Crippen LogP contribution < -0.4 is 0 Å². The molecule has 4 N–H and O–H groups in total. The topological polar surface area (TPSA) is 80.9 Å². The van der Waals surface area contributed by atoms with E-state index >= 15 is 0 Å². The lowest BCUT2D eigenvalue weighted by Crippen LogP contribution is -2.16. The Balaban J connectivity index is 5.57. The summed E-state index contributed by atoms with van der Waals surface area (Å²) in [4.78, 5) is 0. The minimum atomic E-state index is -0.480. The zero-order chi connectivity index (χ0) is 16.8. The molecule has 0 aliphatic rings. The molecule has 0 fully saturated rings. The van der Waals surface area contributed by atoms with E-state index in [2.05, 4.69) is 13.2 Å². The van der Waals surface area contributed by atoms with Gasteiger partial charge in [-0.2, -0.15) is 0 Å². The van der Waals surface area contributed by atoms with Crippen LogP contribution in [-0.2, 0) is 0 Å². The van der Waals surface area contributed by atoms with E-state index in [-0.39, 0.29) is 24.7 Å². The number of hydrogen-bond acceptors (Lipinski definition) is 4. The fraction of sp³-hybridized carbons (Fsp3) is 0.412. The van der Waals surface area contributed by atoms with Gasteiger partial charge in [0.25, 0.3) is 0 Å². The van der Waals surface area contributed by atoms with Gasteiger partial charge in [-0.15, -0.1) is 0 Å². The van der Waals surface area contributed by atoms with Gasteiger partial charge in [-0.1, -0.05) is 38.7 Å². The van der Waals surface area contributed by atoms with Crippen LogP contribution in [0.5, 0.6) is 0 Å². The van der Waals surface area contributed by atoms with Crippen LogP contribution in [-0.4, -0.2) is 33.6 Å². The van der Waals surface area contributed by atoms with E-state index in [1.807, 2.05) is 20.8 Å². The molecule has 4 nitrogen and oxygen atoms in total. The lowest BCUT2D eigenvalue weighted by molar-refractivity contribution is 0.314. The number of aliphatic hydroxyl groups is 4. The molecule has 4 heteroatoms. The van der Waals surface area contributed by atoms with Crippen molar-refractivity contribution >= 4 is 0 Å². The highest BCUT2D eigenvalue weighted by atomic mass is 16.3. The van der Waals surface area contributed by atoms with Crippen molar-refractivity contribution < 1.29 is 20.4 Å². The Morgan fingerprint density at radius 1 is 1.00 bits per heavy atom. The summed E-state index contributed by atoms with van der Waals surface area (Å²) in [7, 11) is 0. The summed E-state index contributed by atoms with van der Waals surface area (Å²) in [6.07, 6.45) is 3.30. The Morgan fingerprint density at radius 3 is 1.86 bits per heavy atom. The zero-order valence-corrected chi connectivity index (χ0v) is 13.3. The molecule has 0 atom stereocenters. The summed E-state index contributed by atoms with van der Waals surface area (Å²) in [6.45, 7) is 14.0. The smallest absolute Gasteiger partial charge is 0.113 e. The molecule has 0 aromatic heterocycles. The van der Waals surface area contributed by atoms with Crippen LogP contribution in [0.15, 0.2) is 59.1 Å². The summed E-state index contributed by atoms with van der Waals surface area (Å²) in [5, 5.41) is 37.3. The van der Waals surface area contributed by atoms with Gasteiger partial charge >= 0.3 is 0 Å². The van der Waals surface area contributed by atoms with Crippen molar-refractivity contribution in [2.45, 2.75) is 27.7 Å². The second-order valence-electron chi connectivity index (χ2n) is 5.52. The third kappa shape index (κ3) is 5.25. The van der Waals surface area contributed by atoms with Crippen molar-refractivity contribution in [3.05, 3.63) is 59.1 Å². The van der Waals surface area contributed by atoms with E-state index in [1.54, 1.807) is 12.2 Å². The zero-order valence-electron chi connectivity index (χ0n) is 13.3. The molecule has 0 rings (SSSR count). The second kappa shape index (κ2) is 7.86. The minimum absolute atomic E-state index is 0.0635. The van der Waals surface area contributed by atoms with Gasteiger partial charge in [-0.3, -0.25) is 0 Å². The van der Waals surface area contributed by atoms with Crippen molar-refractivity contribution in [2.24, 2.45) is 5.41 Å². The normalized spacial score (nSPS) is 14.8. The molecule has 0 unspecified atom stereocenters. The van der Waals surface area contributed by atoms with Gasteiger partial charge in [-0.25, -0.2) is 0 Å². The van der Waals surface area contributed by atoms with Gasteiger partial charge in [0, 0.05) is 16.6 Å². The van der Waals surface area contributed by atoms with Gasteiger partial charge in [0.1, 0.15) is 5.76 Å². The predicted molar refractivity (Wildman–Crippen MR) is 86.0 cm³/mol. The SMILES string of the molecule is C=C(O)/C(=C\C(=C)C(C)(C)/C(C)=C/C(CO)=C(\C)O)CO. The van der Waals surface area contributed by atoms with E-state index in [0.29, 0.717) is 16.7 Å². The Hall–Kier alpha value is -1.78. The first-order chi connectivity index (χ1) is 9.57. The number of hydrogen-bond donors (Lipinski definition) is 4.